The first kappa shape index (κ1) is 12.6. The molecular formula is C15H15N3O2. The summed E-state index contributed by atoms with van der Waals surface area (Å²) in [7, 11) is 0. The van der Waals surface area contributed by atoms with Crippen LogP contribution in [0, 0.1) is 0 Å². The maximum Gasteiger partial charge on any atom is 0.258 e. The lowest BCUT2D eigenvalue weighted by Gasteiger charge is -2.04. The summed E-state index contributed by atoms with van der Waals surface area (Å²) in [5.74, 6) is 0.599. The van der Waals surface area contributed by atoms with E-state index in [1.54, 1.807) is 13.0 Å². The average Bonchev–Trinajstić information content (AvgIpc) is 2.87. The third-order valence-corrected chi connectivity index (χ3v) is 3.25. The Morgan fingerprint density at radius 2 is 2.15 bits per heavy atom. The minimum atomic E-state index is -0.500. The Balaban J connectivity index is 1.96. The van der Waals surface area contributed by atoms with Crippen LogP contribution in [0.25, 0.3) is 10.9 Å². The molecule has 0 amide bonds. The van der Waals surface area contributed by atoms with E-state index < -0.39 is 6.10 Å². The zero-order valence-electron chi connectivity index (χ0n) is 11.1. The van der Waals surface area contributed by atoms with Crippen LogP contribution in [0.1, 0.15) is 24.4 Å². The minimum absolute atomic E-state index is 0.131. The number of fused-ring (bicyclic) bond motifs is 1. The lowest BCUT2D eigenvalue weighted by atomic mass is 10.2. The van der Waals surface area contributed by atoms with Crippen LogP contribution in [0.2, 0.25) is 0 Å². The molecule has 0 spiro atoms. The Morgan fingerprint density at radius 1 is 1.35 bits per heavy atom. The van der Waals surface area contributed by atoms with Gasteiger partial charge in [0, 0.05) is 12.4 Å². The molecule has 0 aliphatic carbocycles. The van der Waals surface area contributed by atoms with Crippen molar-refractivity contribution in [2.45, 2.75) is 19.6 Å². The van der Waals surface area contributed by atoms with Crippen LogP contribution in [-0.4, -0.2) is 19.6 Å². The summed E-state index contributed by atoms with van der Waals surface area (Å²) in [5, 5.41) is 10.1. The van der Waals surface area contributed by atoms with E-state index in [0.29, 0.717) is 23.3 Å². The van der Waals surface area contributed by atoms with E-state index in [2.05, 4.69) is 9.97 Å². The van der Waals surface area contributed by atoms with Gasteiger partial charge >= 0.3 is 0 Å². The fourth-order valence-corrected chi connectivity index (χ4v) is 2.19. The normalized spacial score (nSPS) is 12.7. The van der Waals surface area contributed by atoms with E-state index >= 15 is 0 Å². The number of rotatable bonds is 3. The molecule has 2 heterocycles. The van der Waals surface area contributed by atoms with Crippen molar-refractivity contribution in [1.82, 2.24) is 14.5 Å². The molecule has 0 fully saturated rings. The number of nitrogens with zero attached hydrogens (tertiary/aromatic N) is 2. The van der Waals surface area contributed by atoms with Crippen LogP contribution in [0.3, 0.4) is 0 Å². The molecule has 2 aromatic heterocycles. The Morgan fingerprint density at radius 3 is 2.90 bits per heavy atom. The summed E-state index contributed by atoms with van der Waals surface area (Å²) >= 11 is 0. The molecule has 1 aromatic carbocycles. The maximum atomic E-state index is 12.0. The summed E-state index contributed by atoms with van der Waals surface area (Å²) in [6.45, 7) is 2.18. The summed E-state index contributed by atoms with van der Waals surface area (Å²) in [6, 6.07) is 9.11. The molecule has 5 nitrogen and oxygen atoms in total. The van der Waals surface area contributed by atoms with Crippen LogP contribution >= 0.6 is 0 Å². The number of aromatic amines is 1. The highest BCUT2D eigenvalue weighted by Gasteiger charge is 2.06. The topological polar surface area (TPSA) is 70.9 Å². The Kier molecular flexibility index (Phi) is 3.12. The monoisotopic (exact) mass is 269 g/mol. The third kappa shape index (κ3) is 2.35. The Bertz CT molecular complexity index is 802. The van der Waals surface area contributed by atoms with Gasteiger partial charge in [-0.3, -0.25) is 4.79 Å². The highest BCUT2D eigenvalue weighted by Crippen LogP contribution is 2.13. The number of para-hydroxylation sites is 1. The van der Waals surface area contributed by atoms with Gasteiger partial charge in [0.2, 0.25) is 0 Å². The number of hydrogen-bond acceptors (Lipinski definition) is 3. The highest BCUT2D eigenvalue weighted by atomic mass is 16.3. The predicted molar refractivity (Wildman–Crippen MR) is 76.5 cm³/mol. The summed E-state index contributed by atoms with van der Waals surface area (Å²) in [6.07, 6.45) is 3.21. The molecule has 3 aromatic rings. The lowest BCUT2D eigenvalue weighted by Crippen LogP contribution is -2.13. The minimum Gasteiger partial charge on any atom is -0.389 e. The van der Waals surface area contributed by atoms with Crippen molar-refractivity contribution in [3.63, 3.8) is 0 Å². The van der Waals surface area contributed by atoms with E-state index in [-0.39, 0.29) is 5.56 Å². The van der Waals surface area contributed by atoms with E-state index in [1.165, 1.54) is 0 Å². The number of nitrogens with one attached hydrogen (secondary N) is 1. The molecule has 0 aliphatic heterocycles. The van der Waals surface area contributed by atoms with Crippen molar-refractivity contribution in [1.29, 1.82) is 0 Å². The molecule has 0 saturated carbocycles. The second-order valence-electron chi connectivity index (χ2n) is 4.82. The van der Waals surface area contributed by atoms with Crippen LogP contribution in [0.4, 0.5) is 0 Å². The molecule has 3 rings (SSSR count). The first-order valence-electron chi connectivity index (χ1n) is 6.45. The van der Waals surface area contributed by atoms with Gasteiger partial charge in [0.15, 0.2) is 0 Å². The number of aliphatic hydroxyl groups excluding tert-OH is 1. The molecule has 102 valence electrons. The first-order valence-corrected chi connectivity index (χ1v) is 6.45. The molecule has 1 atom stereocenters. The van der Waals surface area contributed by atoms with Gasteiger partial charge < -0.3 is 14.7 Å². The predicted octanol–water partition coefficient (Wildman–Crippen LogP) is 1.83. The van der Waals surface area contributed by atoms with Crippen molar-refractivity contribution in [2.75, 3.05) is 0 Å². The fourth-order valence-electron chi connectivity index (χ4n) is 2.19. The smallest absolute Gasteiger partial charge is 0.258 e. The van der Waals surface area contributed by atoms with Gasteiger partial charge in [-0.2, -0.15) is 0 Å². The molecule has 0 saturated heterocycles. The van der Waals surface area contributed by atoms with Crippen LogP contribution < -0.4 is 5.56 Å². The van der Waals surface area contributed by atoms with Gasteiger partial charge in [-0.25, -0.2) is 4.98 Å². The van der Waals surface area contributed by atoms with Crippen LogP contribution in [0.15, 0.2) is 47.5 Å². The van der Waals surface area contributed by atoms with Crippen molar-refractivity contribution in [2.24, 2.45) is 0 Å². The van der Waals surface area contributed by atoms with Gasteiger partial charge in [-0.05, 0) is 30.7 Å². The van der Waals surface area contributed by atoms with Crippen molar-refractivity contribution in [3.05, 3.63) is 64.5 Å². The molecule has 5 heteroatoms. The maximum absolute atomic E-state index is 12.0. The third-order valence-electron chi connectivity index (χ3n) is 3.25. The SMILES string of the molecule is CC(O)c1ccn(Cc2nc3ccccc3c(=O)[nH]2)c1. The molecular weight excluding hydrogens is 254 g/mol. The largest absolute Gasteiger partial charge is 0.389 e. The summed E-state index contributed by atoms with van der Waals surface area (Å²) < 4.78 is 1.88. The van der Waals surface area contributed by atoms with Crippen LogP contribution in [0.5, 0.6) is 0 Å². The number of hydrogen-bond donors (Lipinski definition) is 2. The number of aliphatic hydroxyl groups is 1. The molecule has 2 N–H and O–H groups in total. The Labute approximate surface area is 115 Å². The molecule has 0 bridgehead atoms. The quantitative estimate of drug-likeness (QED) is 0.762. The van der Waals surface area contributed by atoms with Crippen molar-refractivity contribution >= 4 is 10.9 Å². The zero-order chi connectivity index (χ0) is 14.1. The van der Waals surface area contributed by atoms with Crippen molar-refractivity contribution in [3.8, 4) is 0 Å². The molecule has 0 radical (unpaired) electrons. The van der Waals surface area contributed by atoms with E-state index in [9.17, 15) is 9.90 Å². The second-order valence-corrected chi connectivity index (χ2v) is 4.82. The van der Waals surface area contributed by atoms with Gasteiger partial charge in [0.25, 0.3) is 5.56 Å². The standard InChI is InChI=1S/C15H15N3O2/c1-10(19)11-6-7-18(8-11)9-14-16-13-5-3-2-4-12(13)15(20)17-14/h2-8,10,19H,9H2,1H3,(H,16,17,20). The second kappa shape index (κ2) is 4.94. The fraction of sp³-hybridized carbons (Fsp3) is 0.200. The van der Waals surface area contributed by atoms with Gasteiger partial charge in [0.05, 0.1) is 23.6 Å². The molecule has 1 unspecified atom stereocenters. The number of aromatic nitrogens is 3. The molecule has 20 heavy (non-hydrogen) atoms. The van der Waals surface area contributed by atoms with Gasteiger partial charge in [0.1, 0.15) is 5.82 Å². The summed E-state index contributed by atoms with van der Waals surface area (Å²) in [5.41, 5.74) is 1.40. The summed E-state index contributed by atoms with van der Waals surface area (Å²) in [4.78, 5) is 19.2. The van der Waals surface area contributed by atoms with E-state index in [0.717, 1.165) is 5.56 Å². The average molecular weight is 269 g/mol. The first-order chi connectivity index (χ1) is 9.63. The zero-order valence-corrected chi connectivity index (χ0v) is 11.1. The number of H-pyrrole nitrogens is 1. The molecule has 0 aliphatic rings. The number of benzene rings is 1. The van der Waals surface area contributed by atoms with Gasteiger partial charge in [-0.15, -0.1) is 0 Å². The van der Waals surface area contributed by atoms with E-state index in [4.69, 9.17) is 0 Å². The lowest BCUT2D eigenvalue weighted by molar-refractivity contribution is 0.199. The van der Waals surface area contributed by atoms with E-state index in [1.807, 2.05) is 41.2 Å². The highest BCUT2D eigenvalue weighted by molar-refractivity contribution is 5.77. The van der Waals surface area contributed by atoms with Crippen molar-refractivity contribution < 1.29 is 5.11 Å². The van der Waals surface area contributed by atoms with Gasteiger partial charge in [-0.1, -0.05) is 12.1 Å². The van der Waals surface area contributed by atoms with Crippen LogP contribution in [-0.2, 0) is 6.54 Å². The Hall–Kier alpha value is -2.40.